The number of hydrogen-bond donors (Lipinski definition) is 1. The summed E-state index contributed by atoms with van der Waals surface area (Å²) in [7, 11) is 0. The normalized spacial score (nSPS) is 10.4. The Morgan fingerprint density at radius 3 is 2.89 bits per heavy atom. The molecule has 0 saturated carbocycles. The molecule has 1 aromatic heterocycles. The molecule has 2 aromatic rings. The molecule has 0 bridgehead atoms. The zero-order valence-electron chi connectivity index (χ0n) is 10.1. The van der Waals surface area contributed by atoms with Gasteiger partial charge in [0, 0.05) is 6.54 Å². The van der Waals surface area contributed by atoms with Crippen LogP contribution in [-0.4, -0.2) is 9.97 Å². The summed E-state index contributed by atoms with van der Waals surface area (Å²) < 4.78 is 19.3. The van der Waals surface area contributed by atoms with Gasteiger partial charge in [-0.1, -0.05) is 19.1 Å². The molecule has 0 spiro atoms. The maximum atomic E-state index is 13.9. The molecule has 0 amide bonds. The Hall–Kier alpha value is -2.01. The molecule has 1 aromatic carbocycles. The van der Waals surface area contributed by atoms with Crippen LogP contribution in [0.1, 0.15) is 18.2 Å². The molecule has 0 unspecified atom stereocenters. The fraction of sp³-hybridized carbons (Fsp3) is 0.231. The molecule has 94 valence electrons. The van der Waals surface area contributed by atoms with E-state index >= 15 is 0 Å². The SMILES string of the molecule is CCc1ncnc(Oc2cccc(CN)c2)c1F. The standard InChI is InChI=1S/C13H14FN3O/c1-2-11-12(14)13(17-8-16-11)18-10-5-3-4-9(6-10)7-15/h3-6,8H,2,7,15H2,1H3. The first kappa shape index (κ1) is 12.4. The van der Waals surface area contributed by atoms with E-state index in [1.165, 1.54) is 6.33 Å². The highest BCUT2D eigenvalue weighted by atomic mass is 19.1. The average molecular weight is 247 g/mol. The summed E-state index contributed by atoms with van der Waals surface area (Å²) in [5.41, 5.74) is 6.79. The van der Waals surface area contributed by atoms with Crippen LogP contribution < -0.4 is 10.5 Å². The number of ether oxygens (including phenoxy) is 1. The van der Waals surface area contributed by atoms with Gasteiger partial charge in [0.2, 0.25) is 5.82 Å². The fourth-order valence-electron chi connectivity index (χ4n) is 1.55. The minimum Gasteiger partial charge on any atom is -0.436 e. The minimum absolute atomic E-state index is 0.0592. The maximum absolute atomic E-state index is 13.9. The second-order valence-corrected chi connectivity index (χ2v) is 3.75. The van der Waals surface area contributed by atoms with Crippen molar-refractivity contribution in [3.05, 3.63) is 47.7 Å². The molecule has 0 atom stereocenters. The molecule has 0 radical (unpaired) electrons. The van der Waals surface area contributed by atoms with Crippen molar-refractivity contribution in [2.75, 3.05) is 0 Å². The van der Waals surface area contributed by atoms with Crippen LogP contribution >= 0.6 is 0 Å². The second kappa shape index (κ2) is 5.55. The Kier molecular flexibility index (Phi) is 3.84. The zero-order valence-corrected chi connectivity index (χ0v) is 10.1. The van der Waals surface area contributed by atoms with Gasteiger partial charge in [-0.25, -0.2) is 4.98 Å². The summed E-state index contributed by atoms with van der Waals surface area (Å²) in [6.07, 6.45) is 1.79. The lowest BCUT2D eigenvalue weighted by molar-refractivity contribution is 0.415. The zero-order chi connectivity index (χ0) is 13.0. The lowest BCUT2D eigenvalue weighted by atomic mass is 10.2. The molecule has 18 heavy (non-hydrogen) atoms. The van der Waals surface area contributed by atoms with Gasteiger partial charge in [0.1, 0.15) is 12.1 Å². The van der Waals surface area contributed by atoms with Gasteiger partial charge in [0.05, 0.1) is 5.69 Å². The molecule has 0 aliphatic carbocycles. The van der Waals surface area contributed by atoms with Crippen LogP contribution in [0.5, 0.6) is 11.6 Å². The number of hydrogen-bond acceptors (Lipinski definition) is 4. The van der Waals surface area contributed by atoms with Crippen molar-refractivity contribution in [1.82, 2.24) is 9.97 Å². The Balaban J connectivity index is 2.28. The Labute approximate surface area is 105 Å². The van der Waals surface area contributed by atoms with Crippen LogP contribution in [0.3, 0.4) is 0 Å². The van der Waals surface area contributed by atoms with Crippen molar-refractivity contribution < 1.29 is 9.13 Å². The molecule has 0 fully saturated rings. The van der Waals surface area contributed by atoms with E-state index in [-0.39, 0.29) is 5.88 Å². The first-order chi connectivity index (χ1) is 8.74. The molecule has 5 heteroatoms. The van der Waals surface area contributed by atoms with E-state index in [9.17, 15) is 4.39 Å². The monoisotopic (exact) mass is 247 g/mol. The highest BCUT2D eigenvalue weighted by Crippen LogP contribution is 2.23. The topological polar surface area (TPSA) is 61.0 Å². The van der Waals surface area contributed by atoms with Gasteiger partial charge >= 0.3 is 0 Å². The molecule has 1 heterocycles. The van der Waals surface area contributed by atoms with E-state index in [4.69, 9.17) is 10.5 Å². The maximum Gasteiger partial charge on any atom is 0.259 e. The van der Waals surface area contributed by atoms with Gasteiger partial charge < -0.3 is 10.5 Å². The van der Waals surface area contributed by atoms with Crippen molar-refractivity contribution in [1.29, 1.82) is 0 Å². The number of aromatic nitrogens is 2. The molecule has 2 N–H and O–H groups in total. The first-order valence-electron chi connectivity index (χ1n) is 5.70. The number of nitrogens with zero attached hydrogens (tertiary/aromatic N) is 2. The number of aryl methyl sites for hydroxylation is 1. The number of benzene rings is 1. The van der Waals surface area contributed by atoms with Crippen molar-refractivity contribution in [2.24, 2.45) is 5.73 Å². The Morgan fingerprint density at radius 1 is 1.33 bits per heavy atom. The van der Waals surface area contributed by atoms with Gasteiger partial charge in [-0.2, -0.15) is 9.37 Å². The van der Waals surface area contributed by atoms with Crippen LogP contribution in [-0.2, 0) is 13.0 Å². The Bertz CT molecular complexity index is 546. The van der Waals surface area contributed by atoms with Gasteiger partial charge in [-0.05, 0) is 24.1 Å². The van der Waals surface area contributed by atoms with E-state index in [1.54, 1.807) is 18.2 Å². The van der Waals surface area contributed by atoms with E-state index < -0.39 is 5.82 Å². The predicted molar refractivity (Wildman–Crippen MR) is 65.8 cm³/mol. The highest BCUT2D eigenvalue weighted by molar-refractivity contribution is 5.32. The number of nitrogens with two attached hydrogens (primary N) is 1. The van der Waals surface area contributed by atoms with Crippen molar-refractivity contribution >= 4 is 0 Å². The summed E-state index contributed by atoms with van der Waals surface area (Å²) in [4.78, 5) is 7.64. The molecular formula is C13H14FN3O. The fourth-order valence-corrected chi connectivity index (χ4v) is 1.55. The summed E-state index contributed by atoms with van der Waals surface area (Å²) >= 11 is 0. The Morgan fingerprint density at radius 2 is 2.17 bits per heavy atom. The third-order valence-corrected chi connectivity index (χ3v) is 2.51. The summed E-state index contributed by atoms with van der Waals surface area (Å²) in [6, 6.07) is 7.16. The second-order valence-electron chi connectivity index (χ2n) is 3.75. The predicted octanol–water partition coefficient (Wildman–Crippen LogP) is 2.43. The van der Waals surface area contributed by atoms with E-state index in [1.807, 2.05) is 13.0 Å². The van der Waals surface area contributed by atoms with Gasteiger partial charge in [0.25, 0.3) is 5.88 Å². The third-order valence-electron chi connectivity index (χ3n) is 2.51. The van der Waals surface area contributed by atoms with Gasteiger partial charge in [0.15, 0.2) is 0 Å². The van der Waals surface area contributed by atoms with Crippen molar-refractivity contribution in [2.45, 2.75) is 19.9 Å². The molecule has 0 aliphatic rings. The van der Waals surface area contributed by atoms with Crippen LogP contribution in [0.4, 0.5) is 4.39 Å². The minimum atomic E-state index is -0.516. The molecule has 0 saturated heterocycles. The van der Waals surface area contributed by atoms with Crippen LogP contribution in [0.15, 0.2) is 30.6 Å². The number of rotatable bonds is 4. The van der Waals surface area contributed by atoms with Crippen LogP contribution in [0.25, 0.3) is 0 Å². The number of halogens is 1. The highest BCUT2D eigenvalue weighted by Gasteiger charge is 2.11. The van der Waals surface area contributed by atoms with Crippen molar-refractivity contribution in [3.8, 4) is 11.6 Å². The molecular weight excluding hydrogens is 233 g/mol. The first-order valence-corrected chi connectivity index (χ1v) is 5.70. The van der Waals surface area contributed by atoms with Crippen LogP contribution in [0.2, 0.25) is 0 Å². The average Bonchev–Trinajstić information content (AvgIpc) is 2.41. The summed E-state index contributed by atoms with van der Waals surface area (Å²) in [5.74, 6) is -0.0632. The molecule has 2 rings (SSSR count). The molecule has 4 nitrogen and oxygen atoms in total. The quantitative estimate of drug-likeness (QED) is 0.901. The van der Waals surface area contributed by atoms with Crippen molar-refractivity contribution in [3.63, 3.8) is 0 Å². The lowest BCUT2D eigenvalue weighted by Gasteiger charge is -2.08. The van der Waals surface area contributed by atoms with E-state index in [0.29, 0.717) is 24.4 Å². The largest absolute Gasteiger partial charge is 0.436 e. The summed E-state index contributed by atoms with van der Waals surface area (Å²) in [6.45, 7) is 2.23. The lowest BCUT2D eigenvalue weighted by Crippen LogP contribution is -2.00. The van der Waals surface area contributed by atoms with E-state index in [0.717, 1.165) is 5.56 Å². The summed E-state index contributed by atoms with van der Waals surface area (Å²) in [5, 5.41) is 0. The van der Waals surface area contributed by atoms with Gasteiger partial charge in [-0.15, -0.1) is 0 Å². The third kappa shape index (κ3) is 2.62. The smallest absolute Gasteiger partial charge is 0.259 e. The molecule has 0 aliphatic heterocycles. The van der Waals surface area contributed by atoms with Gasteiger partial charge in [-0.3, -0.25) is 0 Å². The van der Waals surface area contributed by atoms with Crippen LogP contribution in [0, 0.1) is 5.82 Å². The van der Waals surface area contributed by atoms with E-state index in [2.05, 4.69) is 9.97 Å².